The van der Waals surface area contributed by atoms with Crippen LogP contribution in [-0.2, 0) is 11.3 Å². The van der Waals surface area contributed by atoms with Gasteiger partial charge in [0, 0.05) is 32.6 Å². The minimum absolute atomic E-state index is 0. The molecule has 3 aromatic rings. The zero-order chi connectivity index (χ0) is 20.9. The fraction of sp³-hybridized carbons (Fsp3) is 0.304. The predicted octanol–water partition coefficient (Wildman–Crippen LogP) is 3.87. The molecule has 0 spiro atoms. The van der Waals surface area contributed by atoms with Crippen LogP contribution in [0.15, 0.2) is 64.0 Å². The molecule has 1 amide bonds. The minimum atomic E-state index is -0.0138. The van der Waals surface area contributed by atoms with Crippen LogP contribution in [0.2, 0.25) is 0 Å². The van der Waals surface area contributed by atoms with E-state index in [0.717, 1.165) is 40.5 Å². The fourth-order valence-corrected chi connectivity index (χ4v) is 3.64. The van der Waals surface area contributed by atoms with E-state index in [-0.39, 0.29) is 36.5 Å². The van der Waals surface area contributed by atoms with E-state index in [0.29, 0.717) is 19.6 Å². The van der Waals surface area contributed by atoms with Crippen LogP contribution < -0.4 is 15.0 Å². The maximum absolute atomic E-state index is 12.3. The van der Waals surface area contributed by atoms with Gasteiger partial charge in [0.05, 0.1) is 12.2 Å². The Hall–Kier alpha value is -2.75. The van der Waals surface area contributed by atoms with E-state index in [1.807, 2.05) is 60.5 Å². The first-order chi connectivity index (χ1) is 14.7. The lowest BCUT2D eigenvalue weighted by Gasteiger charge is -2.29. The van der Waals surface area contributed by atoms with E-state index in [1.54, 1.807) is 11.9 Å². The Morgan fingerprint density at radius 1 is 1.19 bits per heavy atom. The second-order valence-electron chi connectivity index (χ2n) is 7.24. The number of aliphatic imine (C=N–C) groups is 1. The van der Waals surface area contributed by atoms with Gasteiger partial charge in [-0.2, -0.15) is 0 Å². The molecule has 8 heteroatoms. The van der Waals surface area contributed by atoms with Gasteiger partial charge in [0.2, 0.25) is 0 Å². The molecule has 0 saturated carbocycles. The number of ether oxygens (including phenoxy) is 1. The normalized spacial score (nSPS) is 13.4. The molecule has 0 unspecified atom stereocenters. The lowest BCUT2D eigenvalue weighted by molar-refractivity contribution is -0.121. The molecule has 7 nitrogen and oxygen atoms in total. The van der Waals surface area contributed by atoms with E-state index in [9.17, 15) is 4.79 Å². The number of amides is 1. The van der Waals surface area contributed by atoms with Gasteiger partial charge in [0.15, 0.2) is 12.6 Å². The fourth-order valence-electron chi connectivity index (χ4n) is 3.64. The summed E-state index contributed by atoms with van der Waals surface area (Å²) in [6, 6.07) is 17.7. The van der Waals surface area contributed by atoms with Gasteiger partial charge in [0.25, 0.3) is 5.91 Å². The van der Waals surface area contributed by atoms with Gasteiger partial charge in [-0.05, 0) is 30.7 Å². The molecule has 31 heavy (non-hydrogen) atoms. The minimum Gasteiger partial charge on any atom is -0.482 e. The Morgan fingerprint density at radius 2 is 1.97 bits per heavy atom. The van der Waals surface area contributed by atoms with Gasteiger partial charge in [-0.3, -0.25) is 9.79 Å². The van der Waals surface area contributed by atoms with Crippen molar-refractivity contribution in [2.75, 3.05) is 38.7 Å². The summed E-state index contributed by atoms with van der Waals surface area (Å²) in [7, 11) is 3.74. The highest BCUT2D eigenvalue weighted by Gasteiger charge is 2.24. The molecule has 1 aliphatic heterocycles. The molecule has 1 aliphatic rings. The largest absolute Gasteiger partial charge is 0.482 e. The first-order valence-electron chi connectivity index (χ1n) is 10.1. The molecule has 0 atom stereocenters. The second-order valence-corrected chi connectivity index (χ2v) is 7.24. The Morgan fingerprint density at radius 3 is 2.77 bits per heavy atom. The number of nitrogens with zero attached hydrogens (tertiary/aromatic N) is 3. The number of para-hydroxylation sites is 3. The molecule has 164 valence electrons. The van der Waals surface area contributed by atoms with Gasteiger partial charge >= 0.3 is 0 Å². The smallest absolute Gasteiger partial charge is 0.265 e. The van der Waals surface area contributed by atoms with Crippen molar-refractivity contribution >= 4 is 52.5 Å². The highest BCUT2D eigenvalue weighted by molar-refractivity contribution is 14.0. The summed E-state index contributed by atoms with van der Waals surface area (Å²) in [5, 5.41) is 4.46. The summed E-state index contributed by atoms with van der Waals surface area (Å²) in [5.41, 5.74) is 1.72. The van der Waals surface area contributed by atoms with Gasteiger partial charge in [-0.15, -0.1) is 24.0 Å². The number of anilines is 1. The van der Waals surface area contributed by atoms with E-state index in [2.05, 4.69) is 16.4 Å². The summed E-state index contributed by atoms with van der Waals surface area (Å²) in [6.45, 7) is 2.02. The topological polar surface area (TPSA) is 70.3 Å². The lowest BCUT2D eigenvalue weighted by Crippen LogP contribution is -2.42. The third-order valence-corrected chi connectivity index (χ3v) is 5.09. The van der Waals surface area contributed by atoms with E-state index in [1.165, 1.54) is 0 Å². The van der Waals surface area contributed by atoms with Crippen LogP contribution in [-0.4, -0.2) is 50.6 Å². The van der Waals surface area contributed by atoms with Crippen molar-refractivity contribution in [1.29, 1.82) is 0 Å². The van der Waals surface area contributed by atoms with Gasteiger partial charge in [-0.25, -0.2) is 0 Å². The molecule has 0 bridgehead atoms. The zero-order valence-electron chi connectivity index (χ0n) is 17.7. The Balaban J connectivity index is 0.00000272. The second kappa shape index (κ2) is 10.5. The maximum atomic E-state index is 12.3. The molecule has 1 N–H and O–H groups in total. The van der Waals surface area contributed by atoms with E-state index in [4.69, 9.17) is 9.15 Å². The molecular formula is C23H27IN4O3. The molecule has 0 aliphatic carbocycles. The molecule has 0 radical (unpaired) electrons. The third-order valence-electron chi connectivity index (χ3n) is 5.09. The summed E-state index contributed by atoms with van der Waals surface area (Å²) in [4.78, 5) is 20.4. The average Bonchev–Trinajstić information content (AvgIpc) is 3.17. The molecule has 0 saturated heterocycles. The number of carbonyl (C=O) groups is 1. The van der Waals surface area contributed by atoms with Crippen molar-refractivity contribution in [2.45, 2.75) is 13.0 Å². The summed E-state index contributed by atoms with van der Waals surface area (Å²) in [6.07, 6.45) is 0.789. The number of halogens is 1. The monoisotopic (exact) mass is 534 g/mol. The number of guanidine groups is 1. The predicted molar refractivity (Wildman–Crippen MR) is 133 cm³/mol. The molecule has 1 aromatic heterocycles. The van der Waals surface area contributed by atoms with Crippen LogP contribution in [0.4, 0.5) is 5.69 Å². The van der Waals surface area contributed by atoms with Crippen molar-refractivity contribution in [1.82, 2.24) is 10.2 Å². The summed E-state index contributed by atoms with van der Waals surface area (Å²) in [5.74, 6) is 2.41. The molecule has 2 heterocycles. The highest BCUT2D eigenvalue weighted by Crippen LogP contribution is 2.31. The Bertz CT molecular complexity index is 1030. The Kier molecular flexibility index (Phi) is 7.78. The molecular weight excluding hydrogens is 507 g/mol. The van der Waals surface area contributed by atoms with Crippen LogP contribution in [0.3, 0.4) is 0 Å². The zero-order valence-corrected chi connectivity index (χ0v) is 20.0. The number of carbonyl (C=O) groups excluding carboxylic acids is 1. The SMILES string of the molecule is CN=C(NCCCN1C(=O)COc2ccccc21)N(C)Cc1cc2ccccc2o1.I. The van der Waals surface area contributed by atoms with Crippen LogP contribution in [0.25, 0.3) is 11.0 Å². The average molecular weight is 534 g/mol. The van der Waals surface area contributed by atoms with Gasteiger partial charge in [0.1, 0.15) is 17.1 Å². The van der Waals surface area contributed by atoms with Crippen molar-refractivity contribution in [3.63, 3.8) is 0 Å². The number of rotatable bonds is 6. The van der Waals surface area contributed by atoms with E-state index >= 15 is 0 Å². The van der Waals surface area contributed by atoms with Crippen LogP contribution in [0, 0.1) is 0 Å². The number of nitrogens with one attached hydrogen (secondary N) is 1. The van der Waals surface area contributed by atoms with E-state index < -0.39 is 0 Å². The van der Waals surface area contributed by atoms with Crippen molar-refractivity contribution in [3.05, 3.63) is 60.4 Å². The standard InChI is InChI=1S/C23H26N4O3.HI/c1-24-23(26(2)15-18-14-17-8-3-5-10-20(17)30-18)25-12-7-13-27-19-9-4-6-11-21(19)29-16-22(27)28;/h3-6,8-11,14H,7,12-13,15-16H2,1-2H3,(H,24,25);1H. The van der Waals surface area contributed by atoms with Crippen LogP contribution in [0.1, 0.15) is 12.2 Å². The maximum Gasteiger partial charge on any atom is 0.265 e. The van der Waals surface area contributed by atoms with Crippen molar-refractivity contribution in [3.8, 4) is 5.75 Å². The molecule has 2 aromatic carbocycles. The number of hydrogen-bond donors (Lipinski definition) is 1. The first kappa shape index (κ1) is 22.9. The number of hydrogen-bond acceptors (Lipinski definition) is 4. The van der Waals surface area contributed by atoms with Crippen LogP contribution in [0.5, 0.6) is 5.75 Å². The third kappa shape index (κ3) is 5.30. The quantitative estimate of drug-likeness (QED) is 0.225. The van der Waals surface area contributed by atoms with Gasteiger partial charge < -0.3 is 24.3 Å². The molecule has 0 fully saturated rings. The van der Waals surface area contributed by atoms with Gasteiger partial charge in [-0.1, -0.05) is 30.3 Å². The van der Waals surface area contributed by atoms with Crippen LogP contribution >= 0.6 is 24.0 Å². The first-order valence-corrected chi connectivity index (χ1v) is 10.1. The number of benzene rings is 2. The van der Waals surface area contributed by atoms with Crippen molar-refractivity contribution < 1.29 is 13.9 Å². The summed E-state index contributed by atoms with van der Waals surface area (Å²) < 4.78 is 11.4. The molecule has 4 rings (SSSR count). The Labute approximate surface area is 199 Å². The highest BCUT2D eigenvalue weighted by atomic mass is 127. The number of fused-ring (bicyclic) bond motifs is 2. The summed E-state index contributed by atoms with van der Waals surface area (Å²) >= 11 is 0. The number of furan rings is 1. The van der Waals surface area contributed by atoms with Crippen molar-refractivity contribution in [2.24, 2.45) is 4.99 Å². The lowest BCUT2D eigenvalue weighted by atomic mass is 10.2.